The zero-order chi connectivity index (χ0) is 11.2. The number of furan rings is 1. The summed E-state index contributed by atoms with van der Waals surface area (Å²) in [7, 11) is 0. The Bertz CT molecular complexity index is 407. The zero-order valence-electron chi connectivity index (χ0n) is 8.78. The van der Waals surface area contributed by atoms with E-state index in [4.69, 9.17) is 9.52 Å². The second kappa shape index (κ2) is 3.10. The fourth-order valence-electron chi connectivity index (χ4n) is 2.14. The highest BCUT2D eigenvalue weighted by molar-refractivity contribution is 5.80. The predicted molar refractivity (Wildman–Crippen MR) is 52.5 cm³/mol. The Labute approximate surface area is 87.5 Å². The molecule has 4 heteroatoms. The van der Waals surface area contributed by atoms with Gasteiger partial charge in [0.05, 0.1) is 0 Å². The lowest BCUT2D eigenvalue weighted by Crippen LogP contribution is -2.38. The van der Waals surface area contributed by atoms with Gasteiger partial charge in [-0.05, 0) is 18.1 Å². The number of carboxylic acid groups (broad SMARTS) is 1. The minimum Gasteiger partial charge on any atom is -0.479 e. The van der Waals surface area contributed by atoms with Crippen LogP contribution in [0.2, 0.25) is 0 Å². The van der Waals surface area contributed by atoms with E-state index >= 15 is 0 Å². The molecular formula is C11H14O4. The molecule has 4 nitrogen and oxygen atoms in total. The van der Waals surface area contributed by atoms with E-state index in [9.17, 15) is 9.90 Å². The molecule has 1 aliphatic carbocycles. The third kappa shape index (κ3) is 1.21. The number of aliphatic carboxylic acids is 1. The molecule has 2 N–H and O–H groups in total. The number of hydrogen-bond acceptors (Lipinski definition) is 3. The summed E-state index contributed by atoms with van der Waals surface area (Å²) >= 11 is 0. The van der Waals surface area contributed by atoms with Gasteiger partial charge in [-0.25, -0.2) is 4.79 Å². The SMILES string of the molecule is CCc1cc2c(o1)C(O)(C(=O)O)C(C)C2. The van der Waals surface area contributed by atoms with Crippen molar-refractivity contribution in [1.82, 2.24) is 0 Å². The summed E-state index contributed by atoms with van der Waals surface area (Å²) in [5.41, 5.74) is -1.02. The molecule has 2 rings (SSSR count). The normalized spacial score (nSPS) is 29.1. The molecule has 82 valence electrons. The summed E-state index contributed by atoms with van der Waals surface area (Å²) < 4.78 is 5.39. The molecule has 0 aliphatic heterocycles. The van der Waals surface area contributed by atoms with E-state index in [0.29, 0.717) is 12.8 Å². The first kappa shape index (κ1) is 10.2. The highest BCUT2D eigenvalue weighted by Crippen LogP contribution is 2.43. The molecule has 0 saturated carbocycles. The van der Waals surface area contributed by atoms with Gasteiger partial charge in [-0.1, -0.05) is 13.8 Å². The molecule has 0 saturated heterocycles. The number of fused-ring (bicyclic) bond motifs is 1. The first-order valence-corrected chi connectivity index (χ1v) is 5.08. The van der Waals surface area contributed by atoms with Gasteiger partial charge in [0.25, 0.3) is 0 Å². The van der Waals surface area contributed by atoms with E-state index in [0.717, 1.165) is 11.3 Å². The molecule has 0 radical (unpaired) electrons. The Morgan fingerprint density at radius 3 is 2.93 bits per heavy atom. The van der Waals surface area contributed by atoms with E-state index < -0.39 is 11.6 Å². The van der Waals surface area contributed by atoms with Crippen LogP contribution in [0, 0.1) is 5.92 Å². The molecule has 0 aromatic carbocycles. The van der Waals surface area contributed by atoms with Crippen LogP contribution in [0.25, 0.3) is 0 Å². The lowest BCUT2D eigenvalue weighted by Gasteiger charge is -2.21. The summed E-state index contributed by atoms with van der Waals surface area (Å²) in [6.45, 7) is 3.65. The van der Waals surface area contributed by atoms with Crippen molar-refractivity contribution in [3.05, 3.63) is 23.2 Å². The average Bonchev–Trinajstić information content (AvgIpc) is 2.67. The molecule has 1 aliphatic rings. The second-order valence-electron chi connectivity index (χ2n) is 4.10. The van der Waals surface area contributed by atoms with Gasteiger partial charge in [0.1, 0.15) is 5.76 Å². The molecule has 1 heterocycles. The number of carboxylic acids is 1. The maximum Gasteiger partial charge on any atom is 0.344 e. The van der Waals surface area contributed by atoms with E-state index in [2.05, 4.69) is 0 Å². The lowest BCUT2D eigenvalue weighted by atomic mass is 9.92. The van der Waals surface area contributed by atoms with Crippen molar-refractivity contribution in [2.75, 3.05) is 0 Å². The van der Waals surface area contributed by atoms with Gasteiger partial charge >= 0.3 is 5.97 Å². The molecule has 15 heavy (non-hydrogen) atoms. The van der Waals surface area contributed by atoms with Crippen LogP contribution in [0.15, 0.2) is 10.5 Å². The van der Waals surface area contributed by atoms with Crippen molar-refractivity contribution in [2.24, 2.45) is 5.92 Å². The van der Waals surface area contributed by atoms with Gasteiger partial charge in [0.2, 0.25) is 5.60 Å². The quantitative estimate of drug-likeness (QED) is 0.772. The van der Waals surface area contributed by atoms with Gasteiger partial charge in [-0.3, -0.25) is 0 Å². The van der Waals surface area contributed by atoms with Crippen LogP contribution in [0.5, 0.6) is 0 Å². The summed E-state index contributed by atoms with van der Waals surface area (Å²) in [5.74, 6) is -0.619. The van der Waals surface area contributed by atoms with Crippen molar-refractivity contribution in [3.8, 4) is 0 Å². The Kier molecular flexibility index (Phi) is 2.12. The smallest absolute Gasteiger partial charge is 0.344 e. The van der Waals surface area contributed by atoms with Crippen LogP contribution in [0.3, 0.4) is 0 Å². The lowest BCUT2D eigenvalue weighted by molar-refractivity contribution is -0.166. The molecule has 1 aromatic rings. The summed E-state index contributed by atoms with van der Waals surface area (Å²) in [6.07, 6.45) is 1.26. The fraction of sp³-hybridized carbons (Fsp3) is 0.545. The van der Waals surface area contributed by atoms with Crippen LogP contribution >= 0.6 is 0 Å². The molecule has 1 aromatic heterocycles. The van der Waals surface area contributed by atoms with E-state index in [1.807, 2.05) is 13.0 Å². The van der Waals surface area contributed by atoms with Gasteiger partial charge in [-0.15, -0.1) is 0 Å². The van der Waals surface area contributed by atoms with Crippen molar-refractivity contribution >= 4 is 5.97 Å². The first-order chi connectivity index (χ1) is 7.00. The van der Waals surface area contributed by atoms with Gasteiger partial charge in [-0.2, -0.15) is 0 Å². The van der Waals surface area contributed by atoms with Crippen LogP contribution in [0.4, 0.5) is 0 Å². The minimum atomic E-state index is -1.84. The third-order valence-corrected chi connectivity index (χ3v) is 3.12. The number of aryl methyl sites for hydroxylation is 1. The maximum atomic E-state index is 11.1. The Hall–Kier alpha value is -1.29. The third-order valence-electron chi connectivity index (χ3n) is 3.12. The zero-order valence-corrected chi connectivity index (χ0v) is 8.78. The van der Waals surface area contributed by atoms with Crippen LogP contribution in [-0.2, 0) is 23.2 Å². The standard InChI is InChI=1S/C11H14O4/c1-3-8-5-7-4-6(2)11(14,10(12)13)9(7)15-8/h5-6,14H,3-4H2,1-2H3,(H,12,13). The largest absolute Gasteiger partial charge is 0.479 e. The van der Waals surface area contributed by atoms with E-state index in [1.165, 1.54) is 0 Å². The summed E-state index contributed by atoms with van der Waals surface area (Å²) in [4.78, 5) is 11.1. The molecule has 2 atom stereocenters. The molecule has 0 spiro atoms. The van der Waals surface area contributed by atoms with Crippen molar-refractivity contribution < 1.29 is 19.4 Å². The summed E-state index contributed by atoms with van der Waals surface area (Å²) in [5, 5.41) is 19.2. The number of hydrogen-bond donors (Lipinski definition) is 2. The Morgan fingerprint density at radius 1 is 1.73 bits per heavy atom. The Morgan fingerprint density at radius 2 is 2.40 bits per heavy atom. The molecular weight excluding hydrogens is 196 g/mol. The highest BCUT2D eigenvalue weighted by Gasteiger charge is 2.52. The maximum absolute atomic E-state index is 11.1. The van der Waals surface area contributed by atoms with Gasteiger partial charge in [0.15, 0.2) is 5.76 Å². The highest BCUT2D eigenvalue weighted by atomic mass is 16.4. The van der Waals surface area contributed by atoms with Crippen molar-refractivity contribution in [2.45, 2.75) is 32.3 Å². The van der Waals surface area contributed by atoms with E-state index in [1.54, 1.807) is 6.92 Å². The first-order valence-electron chi connectivity index (χ1n) is 5.08. The van der Waals surface area contributed by atoms with Gasteiger partial charge < -0.3 is 14.6 Å². The molecule has 0 amide bonds. The van der Waals surface area contributed by atoms with Crippen molar-refractivity contribution in [3.63, 3.8) is 0 Å². The monoisotopic (exact) mass is 210 g/mol. The minimum absolute atomic E-state index is 0.222. The predicted octanol–water partition coefficient (Wildman–Crippen LogP) is 1.31. The second-order valence-corrected chi connectivity index (χ2v) is 4.10. The van der Waals surface area contributed by atoms with E-state index in [-0.39, 0.29) is 11.7 Å². The number of aliphatic hydroxyl groups is 1. The molecule has 0 bridgehead atoms. The van der Waals surface area contributed by atoms with Crippen LogP contribution in [0.1, 0.15) is 30.9 Å². The topological polar surface area (TPSA) is 70.7 Å². The number of carbonyl (C=O) groups is 1. The van der Waals surface area contributed by atoms with Crippen molar-refractivity contribution in [1.29, 1.82) is 0 Å². The summed E-state index contributed by atoms with van der Waals surface area (Å²) in [6, 6.07) is 1.84. The van der Waals surface area contributed by atoms with Gasteiger partial charge in [0, 0.05) is 12.3 Å². The molecule has 2 unspecified atom stereocenters. The Balaban J connectivity index is 2.52. The van der Waals surface area contributed by atoms with Crippen LogP contribution < -0.4 is 0 Å². The average molecular weight is 210 g/mol. The van der Waals surface area contributed by atoms with Crippen LogP contribution in [-0.4, -0.2) is 16.2 Å². The number of rotatable bonds is 2. The fourth-order valence-corrected chi connectivity index (χ4v) is 2.14. The molecule has 0 fully saturated rings.